The number of hydrogen-bond donors (Lipinski definition) is 0. The van der Waals surface area contributed by atoms with Crippen LogP contribution >= 0.6 is 0 Å². The molecule has 0 aliphatic heterocycles. The van der Waals surface area contributed by atoms with Gasteiger partial charge >= 0.3 is 17.1 Å². The maximum Gasteiger partial charge on any atom is 2.00 e. The van der Waals surface area contributed by atoms with Gasteiger partial charge in [0.1, 0.15) is 0 Å². The first-order valence-electron chi connectivity index (χ1n) is 7.50. The van der Waals surface area contributed by atoms with Crippen molar-refractivity contribution < 1.29 is 27.3 Å². The Labute approximate surface area is 153 Å². The summed E-state index contributed by atoms with van der Waals surface area (Å²) in [5.41, 5.74) is 1.03. The zero-order valence-electron chi connectivity index (χ0n) is 13.7. The Bertz CT molecular complexity index is 653. The third-order valence-corrected chi connectivity index (χ3v) is 3.34. The topological polar surface area (TPSA) is 70.8 Å². The molecule has 0 unspecified atom stereocenters. The third kappa shape index (κ3) is 6.19. The molecule has 1 radical (unpaired) electrons. The van der Waals surface area contributed by atoms with E-state index in [9.17, 15) is 10.2 Å². The van der Waals surface area contributed by atoms with E-state index in [2.05, 4.69) is 9.98 Å². The van der Waals surface area contributed by atoms with Crippen molar-refractivity contribution in [1.29, 1.82) is 0 Å². The fourth-order valence-electron chi connectivity index (χ4n) is 2.01. The molecular formula is C19H20CuN2O2. The SMILES string of the molecule is CC(C)(CN=Cc1ccccc1[O-])CN=Cc1ccccc1[O-].[Cu+2]. The van der Waals surface area contributed by atoms with Crippen molar-refractivity contribution in [3.05, 3.63) is 59.7 Å². The standard InChI is InChI=1S/C19H22N2O2.Cu/c1-19(2,13-20-11-15-7-3-5-9-17(15)22)14-21-12-16-8-4-6-10-18(16)23;/h3-12,22-23H,13-14H2,1-2H3;/q;+2/p-2. The molecule has 0 saturated carbocycles. The summed E-state index contributed by atoms with van der Waals surface area (Å²) in [6, 6.07) is 13.6. The number of benzene rings is 2. The molecule has 0 aromatic heterocycles. The largest absolute Gasteiger partial charge is 2.00 e. The first-order chi connectivity index (χ1) is 11.0. The molecule has 24 heavy (non-hydrogen) atoms. The summed E-state index contributed by atoms with van der Waals surface area (Å²) in [5, 5.41) is 23.2. The number of nitrogens with zero attached hydrogens (tertiary/aromatic N) is 2. The van der Waals surface area contributed by atoms with Crippen molar-refractivity contribution in [2.24, 2.45) is 15.4 Å². The summed E-state index contributed by atoms with van der Waals surface area (Å²) in [7, 11) is 0. The number of rotatable bonds is 6. The van der Waals surface area contributed by atoms with Crippen LogP contribution in [0.3, 0.4) is 0 Å². The minimum absolute atomic E-state index is 0. The van der Waals surface area contributed by atoms with Gasteiger partial charge in [-0.15, -0.1) is 11.5 Å². The Kier molecular flexibility index (Phi) is 7.69. The van der Waals surface area contributed by atoms with Gasteiger partial charge in [-0.3, -0.25) is 9.98 Å². The van der Waals surface area contributed by atoms with Crippen LogP contribution in [0.4, 0.5) is 0 Å². The van der Waals surface area contributed by atoms with Gasteiger partial charge in [0.25, 0.3) is 0 Å². The van der Waals surface area contributed by atoms with Gasteiger partial charge in [-0.1, -0.05) is 62.4 Å². The van der Waals surface area contributed by atoms with E-state index >= 15 is 0 Å². The molecule has 5 heteroatoms. The van der Waals surface area contributed by atoms with Crippen molar-refractivity contribution in [2.75, 3.05) is 13.1 Å². The summed E-state index contributed by atoms with van der Waals surface area (Å²) >= 11 is 0. The first-order valence-corrected chi connectivity index (χ1v) is 7.50. The van der Waals surface area contributed by atoms with Crippen LogP contribution in [0.15, 0.2) is 58.5 Å². The van der Waals surface area contributed by atoms with Crippen LogP contribution in [0.1, 0.15) is 25.0 Å². The molecule has 2 aromatic carbocycles. The normalized spacial score (nSPS) is 11.8. The van der Waals surface area contributed by atoms with Gasteiger partial charge < -0.3 is 10.2 Å². The molecule has 0 N–H and O–H groups in total. The molecule has 0 amide bonds. The van der Waals surface area contributed by atoms with Crippen molar-refractivity contribution in [3.63, 3.8) is 0 Å². The summed E-state index contributed by atoms with van der Waals surface area (Å²) in [5.74, 6) is -0.0572. The van der Waals surface area contributed by atoms with Gasteiger partial charge in [0.2, 0.25) is 0 Å². The average Bonchev–Trinajstić information content (AvgIpc) is 2.51. The zero-order valence-corrected chi connectivity index (χ0v) is 14.6. The van der Waals surface area contributed by atoms with E-state index in [4.69, 9.17) is 0 Å². The molecule has 0 fully saturated rings. The molecule has 0 aliphatic rings. The molecule has 0 atom stereocenters. The molecule has 0 aliphatic carbocycles. The molecule has 2 aromatic rings. The summed E-state index contributed by atoms with van der Waals surface area (Å²) in [6.07, 6.45) is 3.22. The number of para-hydroxylation sites is 2. The molecule has 2 rings (SSSR count). The van der Waals surface area contributed by atoms with Crippen LogP contribution in [-0.4, -0.2) is 25.5 Å². The van der Waals surface area contributed by atoms with Crippen LogP contribution in [-0.2, 0) is 17.1 Å². The predicted octanol–water partition coefficient (Wildman–Crippen LogP) is 2.40. The van der Waals surface area contributed by atoms with Crippen LogP contribution in [0, 0.1) is 5.41 Å². The Balaban J connectivity index is 0.00000288. The zero-order chi connectivity index (χ0) is 16.7. The van der Waals surface area contributed by atoms with Gasteiger partial charge in [0.05, 0.1) is 0 Å². The molecule has 4 nitrogen and oxygen atoms in total. The van der Waals surface area contributed by atoms with E-state index in [1.54, 1.807) is 36.7 Å². The van der Waals surface area contributed by atoms with Crippen molar-refractivity contribution in [3.8, 4) is 11.5 Å². The minimum Gasteiger partial charge on any atom is -0.872 e. The van der Waals surface area contributed by atoms with E-state index < -0.39 is 0 Å². The molecule has 0 saturated heterocycles. The van der Waals surface area contributed by atoms with Crippen LogP contribution in [0.5, 0.6) is 11.5 Å². The second-order valence-corrected chi connectivity index (χ2v) is 6.18. The van der Waals surface area contributed by atoms with Gasteiger partial charge in [-0.2, -0.15) is 0 Å². The second kappa shape index (κ2) is 9.26. The predicted molar refractivity (Wildman–Crippen MR) is 90.5 cm³/mol. The number of hydrogen-bond acceptors (Lipinski definition) is 4. The van der Waals surface area contributed by atoms with Crippen LogP contribution in [0.2, 0.25) is 0 Å². The summed E-state index contributed by atoms with van der Waals surface area (Å²) in [4.78, 5) is 8.71. The van der Waals surface area contributed by atoms with Crippen LogP contribution < -0.4 is 10.2 Å². The van der Waals surface area contributed by atoms with Gasteiger partial charge in [-0.25, -0.2) is 0 Å². The van der Waals surface area contributed by atoms with Gasteiger partial charge in [-0.05, 0) is 11.1 Å². The van der Waals surface area contributed by atoms with Gasteiger partial charge in [0, 0.05) is 30.9 Å². The molecule has 0 spiro atoms. The quantitative estimate of drug-likeness (QED) is 0.577. The van der Waals surface area contributed by atoms with Gasteiger partial charge in [0.15, 0.2) is 0 Å². The Morgan fingerprint density at radius 1 is 0.792 bits per heavy atom. The molecular weight excluding hydrogens is 352 g/mol. The van der Waals surface area contributed by atoms with E-state index in [1.807, 2.05) is 26.0 Å². The molecule has 129 valence electrons. The third-order valence-electron chi connectivity index (χ3n) is 3.34. The van der Waals surface area contributed by atoms with Crippen molar-refractivity contribution in [2.45, 2.75) is 13.8 Å². The van der Waals surface area contributed by atoms with E-state index in [1.165, 1.54) is 12.1 Å². The first kappa shape index (κ1) is 19.9. The Morgan fingerprint density at radius 3 is 1.54 bits per heavy atom. The molecule has 0 bridgehead atoms. The average molecular weight is 372 g/mol. The second-order valence-electron chi connectivity index (χ2n) is 6.18. The van der Waals surface area contributed by atoms with E-state index in [0.717, 1.165) is 0 Å². The number of aliphatic imine (C=N–C) groups is 2. The van der Waals surface area contributed by atoms with Crippen LogP contribution in [0.25, 0.3) is 0 Å². The van der Waals surface area contributed by atoms with E-state index in [-0.39, 0.29) is 34.0 Å². The van der Waals surface area contributed by atoms with Crippen molar-refractivity contribution in [1.82, 2.24) is 0 Å². The fraction of sp³-hybridized carbons (Fsp3) is 0.263. The Hall–Kier alpha value is -2.10. The minimum atomic E-state index is -0.150. The summed E-state index contributed by atoms with van der Waals surface area (Å²) < 4.78 is 0. The monoisotopic (exact) mass is 371 g/mol. The maximum atomic E-state index is 11.6. The fourth-order valence-corrected chi connectivity index (χ4v) is 2.01. The summed E-state index contributed by atoms with van der Waals surface area (Å²) in [6.45, 7) is 5.21. The Morgan fingerprint density at radius 2 is 1.17 bits per heavy atom. The molecule has 0 heterocycles. The van der Waals surface area contributed by atoms with Crippen molar-refractivity contribution >= 4 is 12.4 Å². The maximum absolute atomic E-state index is 11.6. The smallest absolute Gasteiger partial charge is 0.872 e. The van der Waals surface area contributed by atoms with E-state index in [0.29, 0.717) is 24.2 Å².